The lowest BCUT2D eigenvalue weighted by atomic mass is 10.1. The number of rotatable bonds is 7. The van der Waals surface area contributed by atoms with E-state index < -0.39 is 17.8 Å². The van der Waals surface area contributed by atoms with Crippen molar-refractivity contribution in [2.24, 2.45) is 0 Å². The van der Waals surface area contributed by atoms with Crippen molar-refractivity contribution in [2.45, 2.75) is 0 Å². The van der Waals surface area contributed by atoms with Gasteiger partial charge in [0.05, 0.1) is 32.6 Å². The molecule has 1 heterocycles. The van der Waals surface area contributed by atoms with Crippen molar-refractivity contribution >= 4 is 29.5 Å². The highest BCUT2D eigenvalue weighted by molar-refractivity contribution is 6.31. The van der Waals surface area contributed by atoms with E-state index in [2.05, 4.69) is 5.43 Å². The second kappa shape index (κ2) is 10.0. The number of amides is 2. The molecule has 0 aromatic heterocycles. The van der Waals surface area contributed by atoms with Crippen LogP contribution in [-0.2, 0) is 9.59 Å². The minimum Gasteiger partial charge on any atom is -0.493 e. The van der Waals surface area contributed by atoms with E-state index in [-0.39, 0.29) is 16.9 Å². The Kier molecular flexibility index (Phi) is 6.68. The first kappa shape index (κ1) is 23.4. The molecule has 3 aromatic rings. The van der Waals surface area contributed by atoms with Crippen molar-refractivity contribution < 1.29 is 33.3 Å². The Morgan fingerprint density at radius 1 is 0.829 bits per heavy atom. The van der Waals surface area contributed by atoms with Gasteiger partial charge in [-0.3, -0.25) is 15.0 Å². The average molecular weight is 474 g/mol. The number of benzene rings is 3. The number of nitrogens with zero attached hydrogens (tertiary/aromatic N) is 1. The summed E-state index contributed by atoms with van der Waals surface area (Å²) in [4.78, 5) is 38.4. The third kappa shape index (κ3) is 4.65. The van der Waals surface area contributed by atoms with Crippen LogP contribution in [0.15, 0.2) is 72.3 Å². The molecule has 178 valence electrons. The second-order valence-electron chi connectivity index (χ2n) is 7.32. The van der Waals surface area contributed by atoms with Crippen LogP contribution in [0.2, 0.25) is 0 Å². The SMILES string of the molecule is COc1cc(C(=O)Oc2ccccc2C=C2C(=O)NN(c3ccccc3)C2=O)cc(OC)c1OC. The van der Waals surface area contributed by atoms with Gasteiger partial charge < -0.3 is 18.9 Å². The summed E-state index contributed by atoms with van der Waals surface area (Å²) in [7, 11) is 4.34. The summed E-state index contributed by atoms with van der Waals surface area (Å²) >= 11 is 0. The summed E-state index contributed by atoms with van der Waals surface area (Å²) < 4.78 is 21.5. The summed E-state index contributed by atoms with van der Waals surface area (Å²) in [5.41, 5.74) is 3.51. The fourth-order valence-electron chi connectivity index (χ4n) is 3.52. The lowest BCUT2D eigenvalue weighted by molar-refractivity contribution is -0.117. The van der Waals surface area contributed by atoms with Crippen molar-refractivity contribution in [1.82, 2.24) is 5.43 Å². The smallest absolute Gasteiger partial charge is 0.343 e. The topological polar surface area (TPSA) is 103 Å². The van der Waals surface area contributed by atoms with Crippen LogP contribution in [0.3, 0.4) is 0 Å². The maximum atomic E-state index is 13.0. The minimum absolute atomic E-state index is 0.0925. The lowest BCUT2D eigenvalue weighted by Gasteiger charge is -2.14. The number of nitrogens with one attached hydrogen (secondary N) is 1. The molecule has 1 saturated heterocycles. The number of para-hydroxylation sites is 2. The van der Waals surface area contributed by atoms with Gasteiger partial charge in [0.15, 0.2) is 11.5 Å². The Hall–Kier alpha value is -4.79. The highest BCUT2D eigenvalue weighted by Crippen LogP contribution is 2.38. The maximum absolute atomic E-state index is 13.0. The largest absolute Gasteiger partial charge is 0.493 e. The van der Waals surface area contributed by atoms with Gasteiger partial charge in [-0.25, -0.2) is 9.80 Å². The van der Waals surface area contributed by atoms with Crippen molar-refractivity contribution in [2.75, 3.05) is 26.3 Å². The average Bonchev–Trinajstić information content (AvgIpc) is 3.17. The first-order valence-corrected chi connectivity index (χ1v) is 10.5. The van der Waals surface area contributed by atoms with Crippen molar-refractivity contribution in [1.29, 1.82) is 0 Å². The molecular weight excluding hydrogens is 452 g/mol. The van der Waals surface area contributed by atoms with Gasteiger partial charge in [-0.2, -0.15) is 0 Å². The molecule has 1 N–H and O–H groups in total. The zero-order valence-corrected chi connectivity index (χ0v) is 19.2. The van der Waals surface area contributed by atoms with Crippen LogP contribution in [0.1, 0.15) is 15.9 Å². The first-order chi connectivity index (χ1) is 17.0. The molecule has 3 aromatic carbocycles. The number of anilines is 1. The highest BCUT2D eigenvalue weighted by Gasteiger charge is 2.34. The zero-order chi connectivity index (χ0) is 24.9. The summed E-state index contributed by atoms with van der Waals surface area (Å²) in [6.07, 6.45) is 1.39. The molecule has 0 saturated carbocycles. The number of carbonyl (C=O) groups is 3. The molecule has 0 aliphatic carbocycles. The molecule has 35 heavy (non-hydrogen) atoms. The molecule has 2 amide bonds. The molecule has 0 spiro atoms. The summed E-state index contributed by atoms with van der Waals surface area (Å²) in [6, 6.07) is 18.2. The monoisotopic (exact) mass is 474 g/mol. The Morgan fingerprint density at radius 2 is 1.46 bits per heavy atom. The summed E-state index contributed by atoms with van der Waals surface area (Å²) in [6.45, 7) is 0. The molecule has 1 aliphatic rings. The molecule has 9 heteroatoms. The standard InChI is InChI=1S/C26H22N2O7/c1-32-21-14-17(15-22(33-2)23(21)34-3)26(31)35-20-12-8-7-9-16(20)13-19-24(29)27-28(25(19)30)18-10-5-4-6-11-18/h4-15H,1-3H3,(H,27,29). The van der Waals surface area contributed by atoms with Gasteiger partial charge in [-0.05, 0) is 36.4 Å². The van der Waals surface area contributed by atoms with Crippen LogP contribution < -0.4 is 29.4 Å². The third-order valence-corrected chi connectivity index (χ3v) is 5.23. The van der Waals surface area contributed by atoms with Crippen molar-refractivity contribution in [3.05, 3.63) is 83.4 Å². The van der Waals surface area contributed by atoms with E-state index in [0.29, 0.717) is 28.5 Å². The van der Waals surface area contributed by atoms with Crippen molar-refractivity contribution in [3.63, 3.8) is 0 Å². The van der Waals surface area contributed by atoms with E-state index in [0.717, 1.165) is 0 Å². The molecule has 1 aliphatic heterocycles. The second-order valence-corrected chi connectivity index (χ2v) is 7.32. The van der Waals surface area contributed by atoms with Crippen LogP contribution in [0.5, 0.6) is 23.0 Å². The third-order valence-electron chi connectivity index (χ3n) is 5.23. The number of methoxy groups -OCH3 is 3. The normalized spacial score (nSPS) is 14.0. The quantitative estimate of drug-likeness (QED) is 0.242. The predicted molar refractivity (Wildman–Crippen MR) is 128 cm³/mol. The molecule has 0 radical (unpaired) electrons. The van der Waals surface area contributed by atoms with Crippen LogP contribution >= 0.6 is 0 Å². The number of hydrogen-bond donors (Lipinski definition) is 1. The summed E-state index contributed by atoms with van der Waals surface area (Å²) in [5, 5.41) is 1.17. The fraction of sp³-hybridized carbons (Fsp3) is 0.115. The molecule has 9 nitrogen and oxygen atoms in total. The van der Waals surface area contributed by atoms with E-state index in [4.69, 9.17) is 18.9 Å². The van der Waals surface area contributed by atoms with Gasteiger partial charge in [0, 0.05) is 5.56 Å². The van der Waals surface area contributed by atoms with E-state index in [1.54, 1.807) is 54.6 Å². The van der Waals surface area contributed by atoms with Crippen molar-refractivity contribution in [3.8, 4) is 23.0 Å². The van der Waals surface area contributed by atoms with Gasteiger partial charge in [-0.15, -0.1) is 0 Å². The number of esters is 1. The molecule has 0 atom stereocenters. The van der Waals surface area contributed by atoms with Crippen LogP contribution in [-0.4, -0.2) is 39.1 Å². The minimum atomic E-state index is -0.691. The van der Waals surface area contributed by atoms with Gasteiger partial charge in [0.2, 0.25) is 5.75 Å². The zero-order valence-electron chi connectivity index (χ0n) is 19.2. The molecule has 1 fully saturated rings. The molecular formula is C26H22N2O7. The van der Waals surface area contributed by atoms with Gasteiger partial charge in [0.1, 0.15) is 11.3 Å². The highest BCUT2D eigenvalue weighted by atomic mass is 16.5. The van der Waals surface area contributed by atoms with Gasteiger partial charge in [-0.1, -0.05) is 36.4 Å². The number of carbonyl (C=O) groups excluding carboxylic acids is 3. The Bertz CT molecular complexity index is 1290. The fourth-order valence-corrected chi connectivity index (χ4v) is 3.52. The van der Waals surface area contributed by atoms with Gasteiger partial charge in [0.25, 0.3) is 11.8 Å². The number of hydrogen-bond acceptors (Lipinski definition) is 7. The molecule has 0 bridgehead atoms. The lowest BCUT2D eigenvalue weighted by Crippen LogP contribution is -2.35. The Balaban J connectivity index is 1.63. The number of ether oxygens (including phenoxy) is 4. The molecule has 4 rings (SSSR count). The first-order valence-electron chi connectivity index (χ1n) is 10.5. The van der Waals surface area contributed by atoms with Crippen LogP contribution in [0.4, 0.5) is 5.69 Å². The van der Waals surface area contributed by atoms with Gasteiger partial charge >= 0.3 is 5.97 Å². The Morgan fingerprint density at radius 3 is 2.09 bits per heavy atom. The van der Waals surface area contributed by atoms with E-state index >= 15 is 0 Å². The van der Waals surface area contributed by atoms with Crippen LogP contribution in [0, 0.1) is 0 Å². The van der Waals surface area contributed by atoms with E-state index in [9.17, 15) is 14.4 Å². The maximum Gasteiger partial charge on any atom is 0.343 e. The van der Waals surface area contributed by atoms with Crippen LogP contribution in [0.25, 0.3) is 6.08 Å². The van der Waals surface area contributed by atoms with E-state index in [1.807, 2.05) is 0 Å². The summed E-state index contributed by atoms with van der Waals surface area (Å²) in [5.74, 6) is -0.686. The number of hydrazine groups is 1. The predicted octanol–water partition coefficient (Wildman–Crippen LogP) is 3.39. The Labute approximate surface area is 201 Å². The molecule has 0 unspecified atom stereocenters. The van der Waals surface area contributed by atoms with E-state index in [1.165, 1.54) is 44.5 Å².